The number of rotatable bonds is 4. The molecule has 1 atom stereocenters. The van der Waals surface area contributed by atoms with E-state index in [0.29, 0.717) is 4.47 Å². The van der Waals surface area contributed by atoms with Gasteiger partial charge in [0.1, 0.15) is 11.4 Å². The summed E-state index contributed by atoms with van der Waals surface area (Å²) in [7, 11) is 0. The van der Waals surface area contributed by atoms with Crippen LogP contribution in [-0.4, -0.2) is 23.4 Å². The number of aliphatic hydroxyl groups excluding tert-OH is 1. The molecule has 1 saturated carbocycles. The zero-order chi connectivity index (χ0) is 16.5. The molecule has 0 bridgehead atoms. The third kappa shape index (κ3) is 3.79. The van der Waals surface area contributed by atoms with Crippen LogP contribution in [0.15, 0.2) is 22.7 Å². The molecule has 1 fully saturated rings. The van der Waals surface area contributed by atoms with E-state index in [-0.39, 0.29) is 18.1 Å². The van der Waals surface area contributed by atoms with E-state index < -0.39 is 23.1 Å². The molecule has 0 aromatic heterocycles. The minimum Gasteiger partial charge on any atom is -0.444 e. The second-order valence-corrected chi connectivity index (χ2v) is 7.57. The van der Waals surface area contributed by atoms with Crippen LogP contribution in [-0.2, 0) is 10.3 Å². The summed E-state index contributed by atoms with van der Waals surface area (Å²) in [6.07, 6.45) is 0.984. The first-order chi connectivity index (χ1) is 10.2. The molecule has 2 N–H and O–H groups in total. The van der Waals surface area contributed by atoms with Crippen molar-refractivity contribution in [3.05, 3.63) is 34.1 Å². The highest BCUT2D eigenvalue weighted by Gasteiger charge is 2.49. The number of halogens is 2. The summed E-state index contributed by atoms with van der Waals surface area (Å²) >= 11 is 3.31. The van der Waals surface area contributed by atoms with Gasteiger partial charge in [0.2, 0.25) is 0 Å². The number of nitrogens with one attached hydrogen (secondary N) is 1. The normalized spacial score (nSPS) is 17.7. The summed E-state index contributed by atoms with van der Waals surface area (Å²) in [6, 6.07) is 4.51. The number of aliphatic hydroxyl groups is 1. The summed E-state index contributed by atoms with van der Waals surface area (Å²) < 4.78 is 20.3. The maximum Gasteiger partial charge on any atom is 0.408 e. The van der Waals surface area contributed by atoms with Crippen molar-refractivity contribution in [2.75, 3.05) is 6.61 Å². The lowest BCUT2D eigenvalue weighted by atomic mass is 9.85. The highest BCUT2D eigenvalue weighted by Crippen LogP contribution is 2.46. The van der Waals surface area contributed by atoms with Crippen LogP contribution in [0.25, 0.3) is 0 Å². The number of carbonyl (C=O) groups excluding carboxylic acids is 1. The second kappa shape index (κ2) is 6.16. The van der Waals surface area contributed by atoms with Gasteiger partial charge < -0.3 is 15.2 Å². The van der Waals surface area contributed by atoms with Gasteiger partial charge in [0.05, 0.1) is 12.1 Å². The molecule has 0 spiro atoms. The Morgan fingerprint density at radius 1 is 1.45 bits per heavy atom. The van der Waals surface area contributed by atoms with Gasteiger partial charge in [-0.2, -0.15) is 0 Å². The van der Waals surface area contributed by atoms with Gasteiger partial charge in [-0.05, 0) is 57.7 Å². The summed E-state index contributed by atoms with van der Waals surface area (Å²) in [6.45, 7) is 4.88. The van der Waals surface area contributed by atoms with Gasteiger partial charge >= 0.3 is 6.09 Å². The average Bonchev–Trinajstić information content (AvgIpc) is 3.21. The van der Waals surface area contributed by atoms with Crippen molar-refractivity contribution in [1.29, 1.82) is 0 Å². The van der Waals surface area contributed by atoms with E-state index in [4.69, 9.17) is 4.74 Å². The Kier molecular flexibility index (Phi) is 4.82. The number of ether oxygens (including phenoxy) is 1. The molecule has 0 saturated heterocycles. The maximum absolute atomic E-state index is 14.3. The van der Waals surface area contributed by atoms with Gasteiger partial charge in [0, 0.05) is 10.0 Å². The molecule has 2 rings (SSSR count). The van der Waals surface area contributed by atoms with Crippen LogP contribution in [0.5, 0.6) is 0 Å². The third-order valence-corrected chi connectivity index (χ3v) is 4.15. The third-order valence-electron chi connectivity index (χ3n) is 3.66. The number of benzene rings is 1. The number of hydrogen-bond acceptors (Lipinski definition) is 3. The maximum atomic E-state index is 14.3. The fourth-order valence-corrected chi connectivity index (χ4v) is 2.91. The van der Waals surface area contributed by atoms with Crippen molar-refractivity contribution < 1.29 is 19.0 Å². The Labute approximate surface area is 138 Å². The largest absolute Gasteiger partial charge is 0.444 e. The molecule has 0 radical (unpaired) electrons. The van der Waals surface area contributed by atoms with E-state index in [0.717, 1.165) is 12.8 Å². The summed E-state index contributed by atoms with van der Waals surface area (Å²) in [5, 5.41) is 12.7. The predicted octanol–water partition coefficient (Wildman–Crippen LogP) is 3.71. The molecule has 1 amide bonds. The molecule has 0 heterocycles. The number of alkyl carbamates (subject to hydrolysis) is 1. The van der Waals surface area contributed by atoms with E-state index in [1.54, 1.807) is 32.9 Å². The molecule has 0 unspecified atom stereocenters. The van der Waals surface area contributed by atoms with Crippen molar-refractivity contribution in [1.82, 2.24) is 5.32 Å². The lowest BCUT2D eigenvalue weighted by molar-refractivity contribution is 0.0356. The monoisotopic (exact) mass is 373 g/mol. The number of hydrogen-bond donors (Lipinski definition) is 2. The smallest absolute Gasteiger partial charge is 0.408 e. The Balaban J connectivity index is 2.36. The molecule has 6 heteroatoms. The van der Waals surface area contributed by atoms with Crippen molar-refractivity contribution >= 4 is 22.0 Å². The van der Waals surface area contributed by atoms with Crippen LogP contribution >= 0.6 is 15.9 Å². The van der Waals surface area contributed by atoms with E-state index >= 15 is 0 Å². The minimum atomic E-state index is -1.16. The van der Waals surface area contributed by atoms with Crippen LogP contribution in [0.4, 0.5) is 9.18 Å². The zero-order valence-corrected chi connectivity index (χ0v) is 14.5. The van der Waals surface area contributed by atoms with Gasteiger partial charge in [-0.1, -0.05) is 15.9 Å². The Morgan fingerprint density at radius 2 is 2.09 bits per heavy atom. The standard InChI is InChI=1S/C16H21BrFNO3/c1-15(2,3)22-14(21)19-16(9-20,10-4-5-10)12-8-11(17)6-7-13(12)18/h6-8,10,20H,4-5,9H2,1-3H3,(H,19,21)/t16-/m1/s1. The Bertz CT molecular complexity index is 569. The molecule has 4 nitrogen and oxygen atoms in total. The van der Waals surface area contributed by atoms with Crippen LogP contribution in [0.3, 0.4) is 0 Å². The molecule has 0 aliphatic heterocycles. The molecule has 1 aromatic rings. The number of amides is 1. The van der Waals surface area contributed by atoms with E-state index in [1.165, 1.54) is 6.07 Å². The highest BCUT2D eigenvalue weighted by molar-refractivity contribution is 9.10. The molecule has 22 heavy (non-hydrogen) atoms. The van der Waals surface area contributed by atoms with E-state index in [2.05, 4.69) is 21.2 Å². The zero-order valence-electron chi connectivity index (χ0n) is 13.0. The van der Waals surface area contributed by atoms with Crippen LogP contribution in [0.1, 0.15) is 39.2 Å². The first kappa shape index (κ1) is 17.2. The topological polar surface area (TPSA) is 58.6 Å². The quantitative estimate of drug-likeness (QED) is 0.845. The minimum absolute atomic E-state index is 0.00572. The van der Waals surface area contributed by atoms with Crippen molar-refractivity contribution in [3.8, 4) is 0 Å². The van der Waals surface area contributed by atoms with Crippen molar-refractivity contribution in [2.45, 2.75) is 44.8 Å². The first-order valence-electron chi connectivity index (χ1n) is 7.25. The van der Waals surface area contributed by atoms with Crippen LogP contribution < -0.4 is 5.32 Å². The summed E-state index contributed by atoms with van der Waals surface area (Å²) in [5.41, 5.74) is -1.54. The molecule has 1 aromatic carbocycles. The van der Waals surface area contributed by atoms with Crippen LogP contribution in [0.2, 0.25) is 0 Å². The second-order valence-electron chi connectivity index (χ2n) is 6.65. The highest BCUT2D eigenvalue weighted by atomic mass is 79.9. The van der Waals surface area contributed by atoms with Crippen molar-refractivity contribution in [2.24, 2.45) is 5.92 Å². The van der Waals surface area contributed by atoms with Gasteiger partial charge in [-0.15, -0.1) is 0 Å². The lowest BCUT2D eigenvalue weighted by Gasteiger charge is -2.35. The van der Waals surface area contributed by atoms with E-state index in [1.807, 2.05) is 0 Å². The fraction of sp³-hybridized carbons (Fsp3) is 0.562. The molecular weight excluding hydrogens is 353 g/mol. The van der Waals surface area contributed by atoms with Gasteiger partial charge in [-0.25, -0.2) is 9.18 Å². The van der Waals surface area contributed by atoms with Gasteiger partial charge in [0.15, 0.2) is 0 Å². The summed E-state index contributed by atoms with van der Waals surface area (Å²) in [4.78, 5) is 12.2. The first-order valence-corrected chi connectivity index (χ1v) is 8.05. The average molecular weight is 374 g/mol. The fourth-order valence-electron chi connectivity index (χ4n) is 2.54. The Morgan fingerprint density at radius 3 is 2.59 bits per heavy atom. The number of carbonyl (C=O) groups is 1. The summed E-state index contributed by atoms with van der Waals surface area (Å²) in [5.74, 6) is -0.464. The Hall–Kier alpha value is -1.14. The SMILES string of the molecule is CC(C)(C)OC(=O)N[C@@](CO)(c1cc(Br)ccc1F)C1CC1. The molecule has 1 aliphatic rings. The van der Waals surface area contributed by atoms with Gasteiger partial charge in [-0.3, -0.25) is 0 Å². The molecular formula is C16H21BrFNO3. The van der Waals surface area contributed by atoms with Gasteiger partial charge in [0.25, 0.3) is 0 Å². The van der Waals surface area contributed by atoms with E-state index in [9.17, 15) is 14.3 Å². The predicted molar refractivity (Wildman–Crippen MR) is 85.0 cm³/mol. The lowest BCUT2D eigenvalue weighted by Crippen LogP contribution is -2.52. The van der Waals surface area contributed by atoms with Crippen molar-refractivity contribution in [3.63, 3.8) is 0 Å². The van der Waals surface area contributed by atoms with Crippen LogP contribution in [0, 0.1) is 11.7 Å². The molecule has 122 valence electrons. The molecule has 1 aliphatic carbocycles.